The largest absolute Gasteiger partial charge is 0.383 e. The van der Waals surface area contributed by atoms with Crippen molar-refractivity contribution in [3.8, 4) is 0 Å². The molecule has 0 aromatic heterocycles. The molecular formula is C12H20ClFN2O3S. The molecule has 0 radical (unpaired) electrons. The summed E-state index contributed by atoms with van der Waals surface area (Å²) in [4.78, 5) is -0.315. The van der Waals surface area contributed by atoms with Crippen LogP contribution in [0.25, 0.3) is 0 Å². The summed E-state index contributed by atoms with van der Waals surface area (Å²) in [5.41, 5.74) is 0.694. The fraction of sp³-hybridized carbons (Fsp3) is 0.500. The fourth-order valence-corrected chi connectivity index (χ4v) is 2.66. The molecule has 20 heavy (non-hydrogen) atoms. The van der Waals surface area contributed by atoms with E-state index in [1.54, 1.807) is 14.0 Å². The van der Waals surface area contributed by atoms with Crippen LogP contribution in [0.2, 0.25) is 0 Å². The number of ether oxygens (including phenoxy) is 1. The highest BCUT2D eigenvalue weighted by molar-refractivity contribution is 7.89. The molecule has 1 rings (SSSR count). The van der Waals surface area contributed by atoms with E-state index in [4.69, 9.17) is 4.74 Å². The van der Waals surface area contributed by atoms with Crippen molar-refractivity contribution in [2.75, 3.05) is 33.4 Å². The van der Waals surface area contributed by atoms with Crippen LogP contribution in [-0.2, 0) is 14.8 Å². The number of rotatable bonds is 8. The van der Waals surface area contributed by atoms with Gasteiger partial charge >= 0.3 is 0 Å². The number of halogens is 2. The summed E-state index contributed by atoms with van der Waals surface area (Å²) < 4.78 is 44.5. The molecule has 0 aliphatic carbocycles. The van der Waals surface area contributed by atoms with Crippen molar-refractivity contribution in [2.24, 2.45) is 0 Å². The summed E-state index contributed by atoms with van der Waals surface area (Å²) in [6, 6.07) is 4.00. The average Bonchev–Trinajstić information content (AvgIpc) is 2.36. The molecule has 0 unspecified atom stereocenters. The Kier molecular flexibility index (Phi) is 8.91. The first-order chi connectivity index (χ1) is 8.97. The van der Waals surface area contributed by atoms with Gasteiger partial charge in [0.2, 0.25) is 10.0 Å². The smallest absolute Gasteiger partial charge is 0.243 e. The lowest BCUT2D eigenvalue weighted by molar-refractivity contribution is 0.199. The van der Waals surface area contributed by atoms with Gasteiger partial charge in [-0.1, -0.05) is 6.07 Å². The number of hydrogen-bond donors (Lipinski definition) is 2. The van der Waals surface area contributed by atoms with Crippen LogP contribution < -0.4 is 10.0 Å². The summed E-state index contributed by atoms with van der Waals surface area (Å²) in [7, 11) is -2.21. The molecule has 0 aliphatic rings. The van der Waals surface area contributed by atoms with E-state index in [1.165, 1.54) is 12.1 Å². The monoisotopic (exact) mass is 326 g/mol. The summed E-state index contributed by atoms with van der Waals surface area (Å²) >= 11 is 0. The van der Waals surface area contributed by atoms with Crippen molar-refractivity contribution in [1.29, 1.82) is 0 Å². The van der Waals surface area contributed by atoms with E-state index >= 15 is 0 Å². The Morgan fingerprint density at radius 1 is 1.25 bits per heavy atom. The highest BCUT2D eigenvalue weighted by Gasteiger charge is 2.18. The predicted molar refractivity (Wildman–Crippen MR) is 78.3 cm³/mol. The van der Waals surface area contributed by atoms with Crippen molar-refractivity contribution in [3.05, 3.63) is 29.6 Å². The zero-order valence-electron chi connectivity index (χ0n) is 11.5. The van der Waals surface area contributed by atoms with Gasteiger partial charge in [-0.05, 0) is 24.6 Å². The minimum Gasteiger partial charge on any atom is -0.383 e. The van der Waals surface area contributed by atoms with E-state index in [9.17, 15) is 12.8 Å². The van der Waals surface area contributed by atoms with E-state index in [0.29, 0.717) is 25.3 Å². The Hall–Kier alpha value is -0.730. The lowest BCUT2D eigenvalue weighted by Crippen LogP contribution is -2.33. The van der Waals surface area contributed by atoms with E-state index in [2.05, 4.69) is 10.0 Å². The molecule has 0 bridgehead atoms. The fourth-order valence-electron chi connectivity index (χ4n) is 1.47. The van der Waals surface area contributed by atoms with Crippen LogP contribution in [0, 0.1) is 12.7 Å². The van der Waals surface area contributed by atoms with Crippen LogP contribution in [0.3, 0.4) is 0 Å². The standard InChI is InChI=1S/C12H19FN2O3S.ClH/c1-10-3-4-11(13)12(9-10)19(16,17)15-6-5-14-7-8-18-2;/h3-4,9,14-15H,5-8H2,1-2H3;1H. The molecule has 0 amide bonds. The number of hydrogen-bond acceptors (Lipinski definition) is 4. The Morgan fingerprint density at radius 2 is 1.95 bits per heavy atom. The summed E-state index contributed by atoms with van der Waals surface area (Å²) in [5.74, 6) is -0.745. The molecule has 1 aromatic carbocycles. The molecule has 0 saturated carbocycles. The van der Waals surface area contributed by atoms with Crippen LogP contribution in [0.5, 0.6) is 0 Å². The lowest BCUT2D eigenvalue weighted by Gasteiger charge is -2.09. The third-order valence-electron chi connectivity index (χ3n) is 2.45. The minimum absolute atomic E-state index is 0. The second-order valence-corrected chi connectivity index (χ2v) is 5.81. The van der Waals surface area contributed by atoms with Crippen LogP contribution >= 0.6 is 12.4 Å². The van der Waals surface area contributed by atoms with Crippen molar-refractivity contribution in [1.82, 2.24) is 10.0 Å². The number of aryl methyl sites for hydroxylation is 1. The lowest BCUT2D eigenvalue weighted by atomic mass is 10.2. The minimum atomic E-state index is -3.80. The average molecular weight is 327 g/mol. The molecule has 0 saturated heterocycles. The molecule has 116 valence electrons. The first-order valence-electron chi connectivity index (χ1n) is 5.93. The Bertz CT molecular complexity index is 511. The molecule has 0 aliphatic heterocycles. The van der Waals surface area contributed by atoms with Gasteiger partial charge in [-0.3, -0.25) is 0 Å². The molecule has 5 nitrogen and oxygen atoms in total. The summed E-state index contributed by atoms with van der Waals surface area (Å²) in [6.07, 6.45) is 0. The van der Waals surface area contributed by atoms with Gasteiger partial charge in [0.05, 0.1) is 6.61 Å². The maximum absolute atomic E-state index is 13.5. The molecule has 0 atom stereocenters. The van der Waals surface area contributed by atoms with Gasteiger partial charge in [0.25, 0.3) is 0 Å². The third-order valence-corrected chi connectivity index (χ3v) is 3.93. The van der Waals surface area contributed by atoms with Crippen LogP contribution in [0.1, 0.15) is 5.56 Å². The van der Waals surface area contributed by atoms with Gasteiger partial charge < -0.3 is 10.1 Å². The summed E-state index contributed by atoms with van der Waals surface area (Å²) in [6.45, 7) is 3.55. The number of benzene rings is 1. The van der Waals surface area contributed by atoms with Crippen LogP contribution in [-0.4, -0.2) is 41.8 Å². The third kappa shape index (κ3) is 6.15. The Morgan fingerprint density at radius 3 is 2.60 bits per heavy atom. The number of nitrogens with one attached hydrogen (secondary N) is 2. The Labute approximate surface area is 125 Å². The van der Waals surface area contributed by atoms with Crippen molar-refractivity contribution in [2.45, 2.75) is 11.8 Å². The zero-order chi connectivity index (χ0) is 14.3. The second-order valence-electron chi connectivity index (χ2n) is 4.07. The Balaban J connectivity index is 0.00000361. The SMILES string of the molecule is COCCNCCNS(=O)(=O)c1cc(C)ccc1F.Cl. The normalized spacial score (nSPS) is 11.2. The van der Waals surface area contributed by atoms with Crippen LogP contribution in [0.15, 0.2) is 23.1 Å². The van der Waals surface area contributed by atoms with E-state index in [1.807, 2.05) is 0 Å². The van der Waals surface area contributed by atoms with Gasteiger partial charge in [-0.25, -0.2) is 17.5 Å². The molecular weight excluding hydrogens is 307 g/mol. The van der Waals surface area contributed by atoms with Crippen molar-refractivity contribution in [3.63, 3.8) is 0 Å². The van der Waals surface area contributed by atoms with Gasteiger partial charge in [-0.15, -0.1) is 12.4 Å². The van der Waals surface area contributed by atoms with Gasteiger partial charge in [0.1, 0.15) is 10.7 Å². The molecule has 2 N–H and O–H groups in total. The van der Waals surface area contributed by atoms with E-state index < -0.39 is 15.8 Å². The topological polar surface area (TPSA) is 67.4 Å². The first kappa shape index (κ1) is 19.3. The zero-order valence-corrected chi connectivity index (χ0v) is 13.1. The highest BCUT2D eigenvalue weighted by Crippen LogP contribution is 2.15. The van der Waals surface area contributed by atoms with Crippen molar-refractivity contribution < 1.29 is 17.5 Å². The second kappa shape index (κ2) is 9.25. The predicted octanol–water partition coefficient (Wildman–Crippen LogP) is 1.07. The molecule has 8 heteroatoms. The number of sulfonamides is 1. The van der Waals surface area contributed by atoms with E-state index in [0.717, 1.165) is 6.07 Å². The van der Waals surface area contributed by atoms with Gasteiger partial charge in [-0.2, -0.15) is 0 Å². The quantitative estimate of drug-likeness (QED) is 0.701. The first-order valence-corrected chi connectivity index (χ1v) is 7.41. The molecule has 0 heterocycles. The summed E-state index contributed by atoms with van der Waals surface area (Å²) in [5, 5.41) is 2.99. The maximum Gasteiger partial charge on any atom is 0.243 e. The van der Waals surface area contributed by atoms with Crippen molar-refractivity contribution >= 4 is 22.4 Å². The molecule has 0 spiro atoms. The van der Waals surface area contributed by atoms with Gasteiger partial charge in [0, 0.05) is 26.7 Å². The molecule has 1 aromatic rings. The van der Waals surface area contributed by atoms with E-state index in [-0.39, 0.29) is 23.8 Å². The maximum atomic E-state index is 13.5. The number of methoxy groups -OCH3 is 1. The highest BCUT2D eigenvalue weighted by atomic mass is 35.5. The van der Waals surface area contributed by atoms with Gasteiger partial charge in [0.15, 0.2) is 0 Å². The van der Waals surface area contributed by atoms with Crippen LogP contribution in [0.4, 0.5) is 4.39 Å². The molecule has 0 fully saturated rings.